The molecular weight excluding hydrogens is 390 g/mol. The second-order valence-electron chi connectivity index (χ2n) is 6.34. The highest BCUT2D eigenvalue weighted by Crippen LogP contribution is 2.33. The van der Waals surface area contributed by atoms with Gasteiger partial charge in [0.25, 0.3) is 5.91 Å². The molecule has 1 N–H and O–H groups in total. The van der Waals surface area contributed by atoms with E-state index in [1.54, 1.807) is 13.1 Å². The number of rotatable bonds is 3. The zero-order valence-electron chi connectivity index (χ0n) is 13.1. The minimum atomic E-state index is -1.01. The number of aromatic nitrogens is 1. The number of urea groups is 1. The molecule has 0 saturated carbocycles. The number of fused-ring (bicyclic) bond motifs is 1. The maximum Gasteiger partial charge on any atom is 0.325 e. The smallest absolute Gasteiger partial charge is 0.319 e. The number of amides is 3. The van der Waals surface area contributed by atoms with Crippen LogP contribution in [0.1, 0.15) is 35.0 Å². The van der Waals surface area contributed by atoms with Crippen LogP contribution in [0.25, 0.3) is 0 Å². The van der Waals surface area contributed by atoms with Gasteiger partial charge >= 0.3 is 6.03 Å². The first-order valence-corrected chi connectivity index (χ1v) is 9.45. The Labute approximate surface area is 152 Å². The van der Waals surface area contributed by atoms with Gasteiger partial charge in [-0.2, -0.15) is 0 Å². The van der Waals surface area contributed by atoms with Crippen LogP contribution in [0.15, 0.2) is 28.2 Å². The van der Waals surface area contributed by atoms with Crippen LogP contribution in [0, 0.1) is 0 Å². The van der Waals surface area contributed by atoms with Crippen LogP contribution < -0.4 is 5.32 Å². The van der Waals surface area contributed by atoms with E-state index in [4.69, 9.17) is 0 Å². The van der Waals surface area contributed by atoms with E-state index in [0.29, 0.717) is 0 Å². The van der Waals surface area contributed by atoms with Gasteiger partial charge in [-0.05, 0) is 58.8 Å². The lowest BCUT2D eigenvalue weighted by atomic mass is 9.90. The van der Waals surface area contributed by atoms with Crippen molar-refractivity contribution in [2.24, 2.45) is 0 Å². The molecule has 1 aromatic carbocycles. The Kier molecular flexibility index (Phi) is 3.73. The Hall–Kier alpha value is -1.73. The van der Waals surface area contributed by atoms with Gasteiger partial charge in [-0.25, -0.2) is 9.78 Å². The highest BCUT2D eigenvalue weighted by atomic mass is 79.9. The standard InChI is InChI=1S/C17H16BrN3O2S/c1-17(12-6-5-10-3-2-4-11(10)7-12)15(22)21(16(23)20-17)9-14-19-8-13(18)24-14/h5-8H,2-4,9H2,1H3,(H,20,23). The largest absolute Gasteiger partial charge is 0.325 e. The third kappa shape index (κ3) is 2.46. The fraction of sp³-hybridized carbons (Fsp3) is 0.353. The summed E-state index contributed by atoms with van der Waals surface area (Å²) in [6.07, 6.45) is 4.97. The van der Waals surface area contributed by atoms with Crippen molar-refractivity contribution in [1.82, 2.24) is 15.2 Å². The molecular formula is C17H16BrN3O2S. The van der Waals surface area contributed by atoms with E-state index in [9.17, 15) is 9.59 Å². The quantitative estimate of drug-likeness (QED) is 0.796. The molecule has 2 aliphatic rings. The van der Waals surface area contributed by atoms with Crippen LogP contribution in [-0.4, -0.2) is 21.8 Å². The number of carbonyl (C=O) groups is 2. The zero-order chi connectivity index (χ0) is 16.9. The highest BCUT2D eigenvalue weighted by molar-refractivity contribution is 9.11. The van der Waals surface area contributed by atoms with Crippen LogP contribution >= 0.6 is 27.3 Å². The number of carbonyl (C=O) groups excluding carboxylic acids is 2. The van der Waals surface area contributed by atoms with Crippen LogP contribution in [0.2, 0.25) is 0 Å². The van der Waals surface area contributed by atoms with Crippen molar-refractivity contribution in [1.29, 1.82) is 0 Å². The molecule has 1 saturated heterocycles. The SMILES string of the molecule is CC1(c2ccc3c(c2)CCC3)NC(=O)N(Cc2ncc(Br)s2)C1=O. The van der Waals surface area contributed by atoms with Gasteiger partial charge in [0.15, 0.2) is 0 Å². The molecule has 1 unspecified atom stereocenters. The van der Waals surface area contributed by atoms with Gasteiger partial charge in [-0.15, -0.1) is 11.3 Å². The van der Waals surface area contributed by atoms with Gasteiger partial charge in [0, 0.05) is 0 Å². The number of halogens is 1. The molecule has 124 valence electrons. The van der Waals surface area contributed by atoms with Gasteiger partial charge in [-0.1, -0.05) is 18.2 Å². The molecule has 1 fully saturated rings. The summed E-state index contributed by atoms with van der Waals surface area (Å²) in [6.45, 7) is 1.98. The van der Waals surface area contributed by atoms with Crippen molar-refractivity contribution in [2.45, 2.75) is 38.3 Å². The molecule has 1 aliphatic heterocycles. The Morgan fingerprint density at radius 3 is 2.88 bits per heavy atom. The van der Waals surface area contributed by atoms with Crippen molar-refractivity contribution >= 4 is 39.2 Å². The van der Waals surface area contributed by atoms with Crippen molar-refractivity contribution in [3.05, 3.63) is 49.9 Å². The van der Waals surface area contributed by atoms with Crippen LogP contribution in [0.4, 0.5) is 4.79 Å². The number of aryl methyl sites for hydroxylation is 2. The first-order chi connectivity index (χ1) is 11.5. The summed E-state index contributed by atoms with van der Waals surface area (Å²) >= 11 is 4.77. The van der Waals surface area contributed by atoms with E-state index in [1.165, 1.54) is 27.4 Å². The first-order valence-electron chi connectivity index (χ1n) is 7.84. The number of hydrogen-bond acceptors (Lipinski definition) is 4. The van der Waals surface area contributed by atoms with Gasteiger partial charge < -0.3 is 5.32 Å². The molecule has 2 heterocycles. The third-order valence-electron chi connectivity index (χ3n) is 4.77. The van der Waals surface area contributed by atoms with Crippen LogP contribution in [0.3, 0.4) is 0 Å². The van der Waals surface area contributed by atoms with Gasteiger partial charge in [0.05, 0.1) is 16.5 Å². The lowest BCUT2D eigenvalue weighted by Gasteiger charge is -2.23. The summed E-state index contributed by atoms with van der Waals surface area (Å²) in [4.78, 5) is 30.8. The summed E-state index contributed by atoms with van der Waals surface area (Å²) < 4.78 is 0.880. The molecule has 7 heteroatoms. The second kappa shape index (κ2) is 5.67. The van der Waals surface area contributed by atoms with E-state index >= 15 is 0 Å². The number of thiazole rings is 1. The minimum Gasteiger partial charge on any atom is -0.319 e. The molecule has 0 radical (unpaired) electrons. The van der Waals surface area contributed by atoms with E-state index in [-0.39, 0.29) is 18.5 Å². The molecule has 0 spiro atoms. The van der Waals surface area contributed by atoms with Crippen molar-refractivity contribution in [3.63, 3.8) is 0 Å². The first kappa shape index (κ1) is 15.8. The Bertz CT molecular complexity index is 850. The lowest BCUT2D eigenvalue weighted by molar-refractivity contribution is -0.131. The van der Waals surface area contributed by atoms with Crippen molar-refractivity contribution < 1.29 is 9.59 Å². The monoisotopic (exact) mass is 405 g/mol. The van der Waals surface area contributed by atoms with Gasteiger partial charge in [-0.3, -0.25) is 9.69 Å². The van der Waals surface area contributed by atoms with E-state index in [0.717, 1.165) is 33.6 Å². The van der Waals surface area contributed by atoms with Gasteiger partial charge in [0.2, 0.25) is 0 Å². The normalized spacial score (nSPS) is 22.8. The maximum absolute atomic E-state index is 13.0. The molecule has 0 bridgehead atoms. The number of nitrogens with one attached hydrogen (secondary N) is 1. The average Bonchev–Trinajstić information content (AvgIpc) is 3.23. The molecule has 2 aromatic rings. The predicted octanol–water partition coefficient (Wildman–Crippen LogP) is 3.36. The molecule has 24 heavy (non-hydrogen) atoms. The maximum atomic E-state index is 13.0. The molecule has 1 atom stereocenters. The molecule has 3 amide bonds. The molecule has 4 rings (SSSR count). The topological polar surface area (TPSA) is 62.3 Å². The summed E-state index contributed by atoms with van der Waals surface area (Å²) in [5.74, 6) is -0.225. The zero-order valence-corrected chi connectivity index (χ0v) is 15.5. The van der Waals surface area contributed by atoms with Crippen LogP contribution in [0.5, 0.6) is 0 Å². The minimum absolute atomic E-state index is 0.196. The summed E-state index contributed by atoms with van der Waals surface area (Å²) in [5, 5.41) is 3.59. The number of hydrogen-bond donors (Lipinski definition) is 1. The average molecular weight is 406 g/mol. The van der Waals surface area contributed by atoms with E-state index in [2.05, 4.69) is 38.4 Å². The molecule has 1 aromatic heterocycles. The van der Waals surface area contributed by atoms with Crippen LogP contribution in [-0.2, 0) is 29.7 Å². The Morgan fingerprint density at radius 2 is 2.12 bits per heavy atom. The Morgan fingerprint density at radius 1 is 1.33 bits per heavy atom. The van der Waals surface area contributed by atoms with E-state index in [1.807, 2.05) is 6.07 Å². The number of imide groups is 1. The summed E-state index contributed by atoms with van der Waals surface area (Å²) in [6, 6.07) is 5.76. The third-order valence-corrected chi connectivity index (χ3v) is 6.23. The molecule has 1 aliphatic carbocycles. The predicted molar refractivity (Wildman–Crippen MR) is 94.7 cm³/mol. The lowest BCUT2D eigenvalue weighted by Crippen LogP contribution is -2.40. The molecule has 5 nitrogen and oxygen atoms in total. The van der Waals surface area contributed by atoms with Crippen molar-refractivity contribution in [2.75, 3.05) is 0 Å². The second-order valence-corrected chi connectivity index (χ2v) is 8.84. The summed E-state index contributed by atoms with van der Waals surface area (Å²) in [5.41, 5.74) is 2.48. The van der Waals surface area contributed by atoms with Gasteiger partial charge in [0.1, 0.15) is 10.5 Å². The fourth-order valence-corrected chi connectivity index (χ4v) is 4.71. The fourth-order valence-electron chi connectivity index (χ4n) is 3.42. The van der Waals surface area contributed by atoms with E-state index < -0.39 is 5.54 Å². The highest BCUT2D eigenvalue weighted by Gasteiger charge is 2.49. The number of nitrogens with zero attached hydrogens (tertiary/aromatic N) is 2. The number of benzene rings is 1. The Balaban J connectivity index is 1.64. The van der Waals surface area contributed by atoms with Crippen molar-refractivity contribution in [3.8, 4) is 0 Å². The summed E-state index contributed by atoms with van der Waals surface area (Å²) in [7, 11) is 0.